The van der Waals surface area contributed by atoms with E-state index in [1.54, 1.807) is 6.20 Å². The van der Waals surface area contributed by atoms with Crippen molar-refractivity contribution < 1.29 is 4.79 Å². The van der Waals surface area contributed by atoms with Crippen molar-refractivity contribution in [1.82, 2.24) is 19.5 Å². The second-order valence-corrected chi connectivity index (χ2v) is 6.70. The highest BCUT2D eigenvalue weighted by Gasteiger charge is 2.06. The first-order chi connectivity index (χ1) is 14.6. The summed E-state index contributed by atoms with van der Waals surface area (Å²) in [5, 5.41) is 8.92. The molecule has 4 aromatic rings. The smallest absolute Gasteiger partial charge is 0.323 e. The fourth-order valence-electron chi connectivity index (χ4n) is 2.95. The SMILES string of the molecule is Cc1ccccc1NC(=O)Nc1ccc(Nc2cc(-n3ccnc3C)ncn2)cc1. The first-order valence-electron chi connectivity index (χ1n) is 9.41. The minimum absolute atomic E-state index is 0.291. The average Bonchev–Trinajstić information content (AvgIpc) is 3.17. The van der Waals surface area contributed by atoms with Crippen LogP contribution in [0.5, 0.6) is 0 Å². The van der Waals surface area contributed by atoms with Crippen molar-refractivity contribution >= 4 is 28.9 Å². The van der Waals surface area contributed by atoms with Gasteiger partial charge in [-0.25, -0.2) is 19.7 Å². The number of carbonyl (C=O) groups is 1. The van der Waals surface area contributed by atoms with Crippen molar-refractivity contribution in [2.75, 3.05) is 16.0 Å². The number of hydrogen-bond acceptors (Lipinski definition) is 5. The van der Waals surface area contributed by atoms with Crippen LogP contribution in [-0.4, -0.2) is 25.6 Å². The molecule has 2 amide bonds. The van der Waals surface area contributed by atoms with Gasteiger partial charge in [-0.3, -0.25) is 4.57 Å². The lowest BCUT2D eigenvalue weighted by Gasteiger charge is -2.11. The molecule has 0 saturated heterocycles. The Kier molecular flexibility index (Phi) is 5.38. The van der Waals surface area contributed by atoms with Crippen LogP contribution in [0.4, 0.5) is 27.7 Å². The Balaban J connectivity index is 1.40. The van der Waals surface area contributed by atoms with Crippen LogP contribution in [0, 0.1) is 13.8 Å². The second kappa shape index (κ2) is 8.44. The number of para-hydroxylation sites is 1. The zero-order valence-electron chi connectivity index (χ0n) is 16.6. The molecule has 2 heterocycles. The number of hydrogen-bond donors (Lipinski definition) is 3. The van der Waals surface area contributed by atoms with Crippen LogP contribution >= 0.6 is 0 Å². The lowest BCUT2D eigenvalue weighted by Crippen LogP contribution is -2.19. The van der Waals surface area contributed by atoms with Gasteiger partial charge in [0.1, 0.15) is 23.8 Å². The van der Waals surface area contributed by atoms with E-state index in [9.17, 15) is 4.79 Å². The molecule has 30 heavy (non-hydrogen) atoms. The number of nitrogens with one attached hydrogen (secondary N) is 3. The molecule has 0 fully saturated rings. The Hall–Kier alpha value is -4.20. The first kappa shape index (κ1) is 19.1. The third-order valence-corrected chi connectivity index (χ3v) is 4.53. The largest absolute Gasteiger partial charge is 0.340 e. The van der Waals surface area contributed by atoms with E-state index in [0.29, 0.717) is 11.5 Å². The predicted molar refractivity (Wildman–Crippen MR) is 117 cm³/mol. The van der Waals surface area contributed by atoms with E-state index in [0.717, 1.165) is 28.6 Å². The highest BCUT2D eigenvalue weighted by Crippen LogP contribution is 2.20. The number of aryl methyl sites for hydroxylation is 2. The first-order valence-corrected chi connectivity index (χ1v) is 9.41. The summed E-state index contributed by atoms with van der Waals surface area (Å²) in [5.41, 5.74) is 3.30. The van der Waals surface area contributed by atoms with Gasteiger partial charge < -0.3 is 16.0 Å². The molecule has 0 bridgehead atoms. The standard InChI is InChI=1S/C22H21N7O/c1-15-5-3-4-6-19(15)28-22(30)27-18-9-7-17(8-10-18)26-20-13-21(25-14-24-20)29-12-11-23-16(29)2/h3-14H,1-2H3,(H,24,25,26)(H2,27,28,30). The number of carbonyl (C=O) groups excluding carboxylic acids is 1. The van der Waals surface area contributed by atoms with E-state index in [4.69, 9.17) is 0 Å². The molecule has 0 spiro atoms. The number of rotatable bonds is 5. The van der Waals surface area contributed by atoms with Gasteiger partial charge >= 0.3 is 6.03 Å². The molecule has 0 atom stereocenters. The molecule has 8 nitrogen and oxygen atoms in total. The van der Waals surface area contributed by atoms with Crippen LogP contribution in [0.1, 0.15) is 11.4 Å². The topological polar surface area (TPSA) is 96.8 Å². The molecular weight excluding hydrogens is 378 g/mol. The third-order valence-electron chi connectivity index (χ3n) is 4.53. The van der Waals surface area contributed by atoms with E-state index >= 15 is 0 Å². The number of nitrogens with zero attached hydrogens (tertiary/aromatic N) is 4. The molecule has 150 valence electrons. The summed E-state index contributed by atoms with van der Waals surface area (Å²) >= 11 is 0. The van der Waals surface area contributed by atoms with Gasteiger partial charge in [-0.05, 0) is 49.7 Å². The van der Waals surface area contributed by atoms with Gasteiger partial charge in [0.05, 0.1) is 0 Å². The van der Waals surface area contributed by atoms with E-state index in [2.05, 4.69) is 30.9 Å². The van der Waals surface area contributed by atoms with Gasteiger partial charge in [0.15, 0.2) is 0 Å². The van der Waals surface area contributed by atoms with Crippen LogP contribution in [0.2, 0.25) is 0 Å². The molecule has 0 unspecified atom stereocenters. The fourth-order valence-corrected chi connectivity index (χ4v) is 2.95. The quantitative estimate of drug-likeness (QED) is 0.453. The van der Waals surface area contributed by atoms with Crippen LogP contribution in [0.25, 0.3) is 5.82 Å². The lowest BCUT2D eigenvalue weighted by molar-refractivity contribution is 0.262. The fraction of sp³-hybridized carbons (Fsp3) is 0.0909. The van der Waals surface area contributed by atoms with Crippen molar-refractivity contribution in [3.63, 3.8) is 0 Å². The Morgan fingerprint density at radius 3 is 2.40 bits per heavy atom. The highest BCUT2D eigenvalue weighted by atomic mass is 16.2. The Bertz CT molecular complexity index is 1170. The molecule has 2 aromatic heterocycles. The summed E-state index contributed by atoms with van der Waals surface area (Å²) < 4.78 is 1.88. The molecule has 0 radical (unpaired) electrons. The molecular formula is C22H21N7O. The average molecular weight is 399 g/mol. The van der Waals surface area contributed by atoms with E-state index in [1.807, 2.05) is 79.2 Å². The molecule has 3 N–H and O–H groups in total. The van der Waals surface area contributed by atoms with Crippen molar-refractivity contribution in [2.24, 2.45) is 0 Å². The normalized spacial score (nSPS) is 10.5. The highest BCUT2D eigenvalue weighted by molar-refractivity contribution is 6.00. The van der Waals surface area contributed by atoms with E-state index in [1.165, 1.54) is 6.33 Å². The van der Waals surface area contributed by atoms with Crippen LogP contribution in [0.3, 0.4) is 0 Å². The predicted octanol–water partition coefficient (Wildman–Crippen LogP) is 4.67. The molecule has 0 saturated carbocycles. The van der Waals surface area contributed by atoms with Crippen molar-refractivity contribution in [3.05, 3.63) is 84.7 Å². The zero-order valence-corrected chi connectivity index (χ0v) is 16.6. The number of benzene rings is 2. The van der Waals surface area contributed by atoms with Crippen LogP contribution < -0.4 is 16.0 Å². The van der Waals surface area contributed by atoms with Crippen molar-refractivity contribution in [2.45, 2.75) is 13.8 Å². The third kappa shape index (κ3) is 4.44. The maximum absolute atomic E-state index is 12.2. The summed E-state index contributed by atoms with van der Waals surface area (Å²) in [4.78, 5) is 25.0. The van der Waals surface area contributed by atoms with Crippen molar-refractivity contribution in [1.29, 1.82) is 0 Å². The number of urea groups is 1. The minimum Gasteiger partial charge on any atom is -0.340 e. The molecule has 0 aliphatic rings. The van der Waals surface area contributed by atoms with E-state index < -0.39 is 0 Å². The molecule has 8 heteroatoms. The van der Waals surface area contributed by atoms with E-state index in [-0.39, 0.29) is 6.03 Å². The Labute approximate surface area is 174 Å². The molecule has 0 aliphatic carbocycles. The second-order valence-electron chi connectivity index (χ2n) is 6.70. The van der Waals surface area contributed by atoms with Crippen LogP contribution in [0.15, 0.2) is 73.3 Å². The molecule has 0 aliphatic heterocycles. The molecule has 2 aromatic carbocycles. The minimum atomic E-state index is -0.291. The zero-order chi connectivity index (χ0) is 20.9. The Morgan fingerprint density at radius 1 is 0.900 bits per heavy atom. The van der Waals surface area contributed by atoms with Gasteiger partial charge in [0, 0.05) is 35.5 Å². The summed E-state index contributed by atoms with van der Waals surface area (Å²) in [6.45, 7) is 3.86. The number of aromatic nitrogens is 4. The number of amides is 2. The summed E-state index contributed by atoms with van der Waals surface area (Å²) in [7, 11) is 0. The molecule has 4 rings (SSSR count). The van der Waals surface area contributed by atoms with Crippen LogP contribution in [-0.2, 0) is 0 Å². The lowest BCUT2D eigenvalue weighted by atomic mass is 10.2. The summed E-state index contributed by atoms with van der Waals surface area (Å²) in [6, 6.07) is 16.6. The summed E-state index contributed by atoms with van der Waals surface area (Å²) in [5.74, 6) is 2.24. The van der Waals surface area contributed by atoms with Gasteiger partial charge in [0.25, 0.3) is 0 Å². The van der Waals surface area contributed by atoms with Gasteiger partial charge in [-0.15, -0.1) is 0 Å². The number of anilines is 4. The number of imidazole rings is 1. The maximum Gasteiger partial charge on any atom is 0.323 e. The van der Waals surface area contributed by atoms with Gasteiger partial charge in [-0.2, -0.15) is 0 Å². The Morgan fingerprint density at radius 2 is 1.67 bits per heavy atom. The monoisotopic (exact) mass is 399 g/mol. The van der Waals surface area contributed by atoms with Gasteiger partial charge in [0.2, 0.25) is 0 Å². The van der Waals surface area contributed by atoms with Gasteiger partial charge in [-0.1, -0.05) is 18.2 Å². The maximum atomic E-state index is 12.2. The summed E-state index contributed by atoms with van der Waals surface area (Å²) in [6.07, 6.45) is 5.08. The van der Waals surface area contributed by atoms with Crippen molar-refractivity contribution in [3.8, 4) is 5.82 Å².